The number of thiol groups is 1. The fraction of sp³-hybridized carbons (Fsp3) is 0.652. The van der Waals surface area contributed by atoms with Crippen LogP contribution in [0.1, 0.15) is 83.9 Å². The van der Waals surface area contributed by atoms with Crippen LogP contribution in [0.2, 0.25) is 0 Å². The lowest BCUT2D eigenvalue weighted by atomic mass is 9.89. The van der Waals surface area contributed by atoms with Gasteiger partial charge in [-0.3, -0.25) is 38.1 Å². The van der Waals surface area contributed by atoms with Crippen molar-refractivity contribution in [3.8, 4) is 0 Å². The van der Waals surface area contributed by atoms with Gasteiger partial charge in [0.1, 0.15) is 6.04 Å². The van der Waals surface area contributed by atoms with Crippen LogP contribution in [0.3, 0.4) is 0 Å². The molecule has 22 nitrogen and oxygen atoms in total. The molecule has 1 unspecified atom stereocenters. The third-order valence-corrected chi connectivity index (χ3v) is 12.6. The third-order valence-electron chi connectivity index (χ3n) is 11.6. The van der Waals surface area contributed by atoms with Gasteiger partial charge < -0.3 is 61.3 Å². The predicted molar refractivity (Wildman–Crippen MR) is 260 cm³/mol. The van der Waals surface area contributed by atoms with E-state index in [2.05, 4.69) is 55.2 Å². The minimum Gasteiger partial charge on any atom is -0.379 e. The normalized spacial score (nSPS) is 17.5. The highest BCUT2D eigenvalue weighted by Gasteiger charge is 2.41. The van der Waals surface area contributed by atoms with Gasteiger partial charge in [-0.05, 0) is 51.0 Å². The number of nitrogens with two attached hydrogens (primary N) is 2. The number of imidazole rings is 1. The number of ether oxygens (including phenoxy) is 3. The van der Waals surface area contributed by atoms with Crippen molar-refractivity contribution in [2.24, 2.45) is 29.2 Å². The number of phosphoric acid groups is 1. The molecule has 2 aromatic rings. The average molecular weight is 1030 g/mol. The summed E-state index contributed by atoms with van der Waals surface area (Å²) < 4.78 is 33.3. The molecule has 1 aromatic carbocycles. The van der Waals surface area contributed by atoms with Gasteiger partial charge in [0.25, 0.3) is 0 Å². The Morgan fingerprint density at radius 2 is 1.63 bits per heavy atom. The highest BCUT2D eigenvalue weighted by atomic mass is 32.1. The molecule has 0 bridgehead atoms. The molecule has 10 N–H and O–H groups in total. The Labute approximate surface area is 414 Å². The van der Waals surface area contributed by atoms with E-state index < -0.39 is 91.7 Å². The van der Waals surface area contributed by atoms with E-state index in [4.69, 9.17) is 25.7 Å². The number of hydrogen-bond donors (Lipinski definition) is 9. The molecule has 1 aromatic heterocycles. The first-order chi connectivity index (χ1) is 33.2. The number of unbranched alkanes of at least 4 members (excludes halogenated alkanes) is 1. The number of nitrogens with one attached hydrogen (secondary N) is 4. The molecule has 392 valence electrons. The zero-order valence-electron chi connectivity index (χ0n) is 40.5. The number of aryl methyl sites for hydroxylation is 1. The van der Waals surface area contributed by atoms with Crippen molar-refractivity contribution >= 4 is 61.6 Å². The Hall–Kier alpha value is -4.58. The number of benzene rings is 1. The average Bonchev–Trinajstić information content (AvgIpc) is 3.99. The minimum absolute atomic E-state index is 0.00846. The van der Waals surface area contributed by atoms with Crippen molar-refractivity contribution in [2.45, 2.75) is 122 Å². The van der Waals surface area contributed by atoms with Gasteiger partial charge in [-0.1, -0.05) is 44.2 Å². The fourth-order valence-corrected chi connectivity index (χ4v) is 8.51. The second kappa shape index (κ2) is 31.0. The van der Waals surface area contributed by atoms with E-state index in [1.807, 2.05) is 32.0 Å². The first kappa shape index (κ1) is 59.7. The van der Waals surface area contributed by atoms with E-state index in [1.165, 1.54) is 36.8 Å². The maximum atomic E-state index is 14.3. The van der Waals surface area contributed by atoms with Crippen molar-refractivity contribution in [3.05, 3.63) is 54.1 Å². The summed E-state index contributed by atoms with van der Waals surface area (Å²) in [5.74, 6) is -6.53. The van der Waals surface area contributed by atoms with E-state index in [0.717, 1.165) is 19.3 Å². The van der Waals surface area contributed by atoms with Gasteiger partial charge in [0.15, 0.2) is 11.6 Å². The standard InChI is InChI=1S/C46H73N8O14PS/c1-29(2)20-38(41(56)22-33(21-34-25-49-28-51-34)44(59)52-30(3)40(55)24-36(43(48)58)31(4)68-69(62,63)64)53-46(61)39-23-35(67-15-9-8-12-32-10-6-5-7-11-32)26-54(39)42(57)13-16-65-18-19-66-17-14-50-45(60)37(47)27-70/h5-7,10-11,25,28-31,33,35-39,70H,8-9,12-24,26-27,47H2,1-4H3,(H2,48,58)(H,49,51)(H,50,60)(H,52,59)(H,53,61)(H2,62,63,64)/t30-,31+,33+,35-,36-,37-,38-,39?/m0/s1. The molecule has 1 fully saturated rings. The number of aromatic amines is 1. The molecule has 0 radical (unpaired) electrons. The van der Waals surface area contributed by atoms with Crippen molar-refractivity contribution in [1.82, 2.24) is 30.8 Å². The van der Waals surface area contributed by atoms with Crippen molar-refractivity contribution < 1.29 is 66.6 Å². The van der Waals surface area contributed by atoms with Crippen LogP contribution in [0, 0.1) is 17.8 Å². The molecule has 0 aliphatic carbocycles. The quantitative estimate of drug-likeness (QED) is 0.0263. The lowest BCUT2D eigenvalue weighted by Gasteiger charge is -2.27. The zero-order valence-corrected chi connectivity index (χ0v) is 42.3. The summed E-state index contributed by atoms with van der Waals surface area (Å²) in [5, 5.41) is 8.12. The van der Waals surface area contributed by atoms with Gasteiger partial charge in [-0.2, -0.15) is 12.6 Å². The first-order valence-corrected chi connectivity index (χ1v) is 25.8. The lowest BCUT2D eigenvalue weighted by molar-refractivity contribution is -0.140. The van der Waals surface area contributed by atoms with Crippen LogP contribution in [-0.4, -0.2) is 154 Å². The number of phosphoric ester groups is 1. The van der Waals surface area contributed by atoms with Gasteiger partial charge in [0.05, 0.1) is 81.3 Å². The monoisotopic (exact) mass is 1020 g/mol. The summed E-state index contributed by atoms with van der Waals surface area (Å²) in [4.78, 5) is 120. The molecule has 3 rings (SSSR count). The second-order valence-electron chi connectivity index (χ2n) is 17.8. The number of likely N-dealkylation sites (tertiary alicyclic amines) is 1. The Morgan fingerprint density at radius 1 is 0.929 bits per heavy atom. The molecule has 1 aliphatic heterocycles. The number of hydrogen-bond acceptors (Lipinski definition) is 15. The predicted octanol–water partition coefficient (Wildman–Crippen LogP) is 0.927. The number of H-pyrrole nitrogens is 1. The second-order valence-corrected chi connectivity index (χ2v) is 19.4. The van der Waals surface area contributed by atoms with Gasteiger partial charge in [0.2, 0.25) is 29.5 Å². The summed E-state index contributed by atoms with van der Waals surface area (Å²) >= 11 is 4.00. The number of primary amides is 1. The number of rotatable bonds is 35. The molecular formula is C46H73N8O14PS. The van der Waals surface area contributed by atoms with Crippen LogP contribution in [0.5, 0.6) is 0 Å². The number of amides is 5. The lowest BCUT2D eigenvalue weighted by Crippen LogP contribution is -2.52. The summed E-state index contributed by atoms with van der Waals surface area (Å²) in [6.07, 6.45) is 2.85. The molecule has 2 heterocycles. The van der Waals surface area contributed by atoms with E-state index in [1.54, 1.807) is 0 Å². The van der Waals surface area contributed by atoms with E-state index in [-0.39, 0.29) is 95.1 Å². The zero-order chi connectivity index (χ0) is 51.8. The third kappa shape index (κ3) is 22.2. The van der Waals surface area contributed by atoms with Crippen LogP contribution in [-0.2, 0) is 69.7 Å². The summed E-state index contributed by atoms with van der Waals surface area (Å²) in [7, 11) is -5.03. The van der Waals surface area contributed by atoms with Crippen molar-refractivity contribution in [3.63, 3.8) is 0 Å². The van der Waals surface area contributed by atoms with Gasteiger partial charge in [0, 0.05) is 63.0 Å². The van der Waals surface area contributed by atoms with Crippen molar-refractivity contribution in [1.29, 1.82) is 0 Å². The maximum absolute atomic E-state index is 14.3. The molecule has 70 heavy (non-hydrogen) atoms. The summed E-state index contributed by atoms with van der Waals surface area (Å²) in [6, 6.07) is 6.08. The first-order valence-electron chi connectivity index (χ1n) is 23.6. The minimum atomic E-state index is -5.03. The largest absolute Gasteiger partial charge is 0.469 e. The fourth-order valence-electron chi connectivity index (χ4n) is 7.76. The van der Waals surface area contributed by atoms with Crippen molar-refractivity contribution in [2.75, 3.05) is 51.9 Å². The molecule has 24 heteroatoms. The SMILES string of the molecule is CC(C)C[C@H](NC(=O)C1C[C@H](OCCCCc2ccccc2)CN1C(=O)CCOCCOCCNC(=O)[C@@H](N)CS)C(=O)C[C@@H](Cc1cnc[nH]1)C(=O)N[C@@H](C)C(=O)C[C@H](C(N)=O)[C@@H](C)OP(=O)(O)O. The Morgan fingerprint density at radius 3 is 2.26 bits per heavy atom. The Kier molecular flexibility index (Phi) is 26.5. The Balaban J connectivity index is 1.70. The smallest absolute Gasteiger partial charge is 0.379 e. The number of nitrogens with zero attached hydrogens (tertiary/aromatic N) is 2. The number of Topliss-reactive ketones (excluding diaryl/α,β-unsaturated/α-hetero) is 2. The summed E-state index contributed by atoms with van der Waals surface area (Å²) in [5.41, 5.74) is 12.8. The summed E-state index contributed by atoms with van der Waals surface area (Å²) in [6.45, 7) is 7.75. The topological polar surface area (TPSA) is 334 Å². The molecule has 0 spiro atoms. The van der Waals surface area contributed by atoms with Gasteiger partial charge in [-0.15, -0.1) is 0 Å². The van der Waals surface area contributed by atoms with Gasteiger partial charge >= 0.3 is 7.82 Å². The molecule has 1 aliphatic rings. The van der Waals surface area contributed by atoms with E-state index >= 15 is 0 Å². The number of aromatic nitrogens is 2. The van der Waals surface area contributed by atoms with Crippen LogP contribution in [0.15, 0.2) is 42.9 Å². The van der Waals surface area contributed by atoms with E-state index in [0.29, 0.717) is 12.3 Å². The van der Waals surface area contributed by atoms with Gasteiger partial charge in [-0.25, -0.2) is 9.55 Å². The highest BCUT2D eigenvalue weighted by molar-refractivity contribution is 7.80. The molecular weight excluding hydrogens is 952 g/mol. The molecule has 8 atom stereocenters. The van der Waals surface area contributed by atoms with Crippen LogP contribution in [0.4, 0.5) is 0 Å². The molecule has 5 amide bonds. The Bertz CT molecular complexity index is 2010. The molecule has 0 saturated carbocycles. The van der Waals surface area contributed by atoms with Crippen LogP contribution >= 0.6 is 20.5 Å². The highest BCUT2D eigenvalue weighted by Crippen LogP contribution is 2.39. The molecule has 1 saturated heterocycles. The van der Waals surface area contributed by atoms with E-state index in [9.17, 15) is 47.9 Å². The van der Waals surface area contributed by atoms with Crippen LogP contribution < -0.4 is 27.4 Å². The number of carbonyl (C=O) groups excluding carboxylic acids is 7. The number of carbonyl (C=O) groups is 7. The maximum Gasteiger partial charge on any atom is 0.469 e. The van der Waals surface area contributed by atoms with Crippen LogP contribution in [0.25, 0.3) is 0 Å². The number of ketones is 2.